The number of hydrogen-bond donors (Lipinski definition) is 2. The number of rotatable bonds is 6. The van der Waals surface area contributed by atoms with Gasteiger partial charge >= 0.3 is 0 Å². The smallest absolute Gasteiger partial charge is 0.224 e. The summed E-state index contributed by atoms with van der Waals surface area (Å²) in [4.78, 5) is 25.1. The van der Waals surface area contributed by atoms with Crippen LogP contribution in [0.5, 0.6) is 0 Å². The number of aliphatic hydroxyl groups is 1. The van der Waals surface area contributed by atoms with E-state index < -0.39 is 0 Å². The zero-order chi connectivity index (χ0) is 13.5. The highest BCUT2D eigenvalue weighted by atomic mass is 16.3. The van der Waals surface area contributed by atoms with Crippen LogP contribution in [0, 0.1) is 5.92 Å². The molecule has 2 N–H and O–H groups in total. The minimum Gasteiger partial charge on any atom is -0.393 e. The van der Waals surface area contributed by atoms with Gasteiger partial charge in [-0.3, -0.25) is 9.59 Å². The molecule has 104 valence electrons. The Balaban J connectivity index is 2.25. The molecule has 1 heterocycles. The quantitative estimate of drug-likeness (QED) is 0.728. The monoisotopic (exact) mass is 256 g/mol. The first-order valence-electron chi connectivity index (χ1n) is 6.82. The molecule has 0 bridgehead atoms. The van der Waals surface area contributed by atoms with Crippen LogP contribution in [0.25, 0.3) is 0 Å². The van der Waals surface area contributed by atoms with E-state index in [1.165, 1.54) is 0 Å². The van der Waals surface area contributed by atoms with Gasteiger partial charge in [-0.25, -0.2) is 0 Å². The van der Waals surface area contributed by atoms with E-state index in [9.17, 15) is 14.7 Å². The maximum Gasteiger partial charge on any atom is 0.224 e. The Labute approximate surface area is 109 Å². The van der Waals surface area contributed by atoms with Gasteiger partial charge in [0, 0.05) is 26.1 Å². The number of nitrogens with one attached hydrogen (secondary N) is 1. The van der Waals surface area contributed by atoms with Gasteiger partial charge in [0.05, 0.1) is 12.0 Å². The van der Waals surface area contributed by atoms with Crippen molar-refractivity contribution >= 4 is 11.8 Å². The highest BCUT2D eigenvalue weighted by molar-refractivity contribution is 5.82. The zero-order valence-electron chi connectivity index (χ0n) is 11.3. The lowest BCUT2D eigenvalue weighted by Gasteiger charge is -2.15. The van der Waals surface area contributed by atoms with E-state index in [0.717, 1.165) is 6.42 Å². The third-order valence-electron chi connectivity index (χ3n) is 3.46. The zero-order valence-corrected chi connectivity index (χ0v) is 11.3. The molecule has 1 aliphatic rings. The van der Waals surface area contributed by atoms with E-state index in [1.807, 2.05) is 13.8 Å². The normalized spacial score (nSPS) is 20.8. The van der Waals surface area contributed by atoms with Crippen molar-refractivity contribution in [3.05, 3.63) is 0 Å². The van der Waals surface area contributed by atoms with E-state index in [-0.39, 0.29) is 23.8 Å². The molecular formula is C13H24N2O3. The van der Waals surface area contributed by atoms with Crippen molar-refractivity contribution < 1.29 is 14.7 Å². The maximum absolute atomic E-state index is 11.8. The molecule has 0 aromatic carbocycles. The van der Waals surface area contributed by atoms with Crippen molar-refractivity contribution in [2.24, 2.45) is 5.92 Å². The molecule has 5 heteroatoms. The summed E-state index contributed by atoms with van der Waals surface area (Å²) < 4.78 is 0. The molecule has 0 aromatic heterocycles. The first-order valence-corrected chi connectivity index (χ1v) is 6.82. The van der Waals surface area contributed by atoms with Gasteiger partial charge in [0.25, 0.3) is 0 Å². The standard InChI is InChI=1S/C13H24N2O3/c1-3-11(16)5-7-14-13(18)10-6-8-15(9-10)12(17)4-2/h10-11,16H,3-9H2,1-2H3,(H,14,18). The molecule has 5 nitrogen and oxygen atoms in total. The van der Waals surface area contributed by atoms with Gasteiger partial charge in [0.1, 0.15) is 0 Å². The molecule has 0 spiro atoms. The molecule has 1 rings (SSSR count). The fraction of sp³-hybridized carbons (Fsp3) is 0.846. The molecule has 0 aliphatic carbocycles. The second-order valence-corrected chi connectivity index (χ2v) is 4.82. The molecule has 0 radical (unpaired) electrons. The number of amides is 2. The van der Waals surface area contributed by atoms with Gasteiger partial charge in [-0.15, -0.1) is 0 Å². The molecule has 1 saturated heterocycles. The van der Waals surface area contributed by atoms with Crippen molar-refractivity contribution in [2.75, 3.05) is 19.6 Å². The van der Waals surface area contributed by atoms with E-state index in [1.54, 1.807) is 4.90 Å². The molecule has 2 unspecified atom stereocenters. The lowest BCUT2D eigenvalue weighted by molar-refractivity contribution is -0.130. The minimum atomic E-state index is -0.341. The van der Waals surface area contributed by atoms with E-state index in [2.05, 4.69) is 5.32 Å². The Hall–Kier alpha value is -1.10. The summed E-state index contributed by atoms with van der Waals surface area (Å²) in [5.74, 6) is 0.0377. The Bertz CT molecular complexity index is 294. The van der Waals surface area contributed by atoms with E-state index >= 15 is 0 Å². The summed E-state index contributed by atoms with van der Waals surface area (Å²) in [6.45, 7) is 5.48. The van der Waals surface area contributed by atoms with Crippen LogP contribution in [0.15, 0.2) is 0 Å². The summed E-state index contributed by atoms with van der Waals surface area (Å²) in [5.41, 5.74) is 0. The Morgan fingerprint density at radius 2 is 2.17 bits per heavy atom. The number of likely N-dealkylation sites (tertiary alicyclic amines) is 1. The molecule has 0 saturated carbocycles. The average molecular weight is 256 g/mol. The average Bonchev–Trinajstić information content (AvgIpc) is 2.87. The van der Waals surface area contributed by atoms with Gasteiger partial charge in [0.2, 0.25) is 11.8 Å². The fourth-order valence-corrected chi connectivity index (χ4v) is 2.13. The molecule has 18 heavy (non-hydrogen) atoms. The summed E-state index contributed by atoms with van der Waals surface area (Å²) in [7, 11) is 0. The van der Waals surface area contributed by atoms with Gasteiger partial charge < -0.3 is 15.3 Å². The summed E-state index contributed by atoms with van der Waals surface area (Å²) in [5, 5.41) is 12.2. The van der Waals surface area contributed by atoms with E-state index in [0.29, 0.717) is 38.9 Å². The number of nitrogens with zero attached hydrogens (tertiary/aromatic N) is 1. The third-order valence-corrected chi connectivity index (χ3v) is 3.46. The Kier molecular flexibility index (Phi) is 6.12. The SMILES string of the molecule is CCC(=O)N1CCC(C(=O)NCCC(O)CC)C1. The maximum atomic E-state index is 11.8. The largest absolute Gasteiger partial charge is 0.393 e. The van der Waals surface area contributed by atoms with Crippen LogP contribution < -0.4 is 5.32 Å². The highest BCUT2D eigenvalue weighted by Gasteiger charge is 2.29. The predicted octanol–water partition coefficient (Wildman–Crippen LogP) is 0.522. The van der Waals surface area contributed by atoms with Crippen molar-refractivity contribution in [2.45, 2.75) is 45.6 Å². The van der Waals surface area contributed by atoms with Gasteiger partial charge in [-0.1, -0.05) is 13.8 Å². The van der Waals surface area contributed by atoms with Crippen molar-refractivity contribution in [3.8, 4) is 0 Å². The first kappa shape index (κ1) is 15.0. The lowest BCUT2D eigenvalue weighted by atomic mass is 10.1. The first-order chi connectivity index (χ1) is 8.58. The van der Waals surface area contributed by atoms with Crippen LogP contribution >= 0.6 is 0 Å². The third kappa shape index (κ3) is 4.29. The second-order valence-electron chi connectivity index (χ2n) is 4.82. The number of hydrogen-bond acceptors (Lipinski definition) is 3. The summed E-state index contributed by atoms with van der Waals surface area (Å²) >= 11 is 0. The highest BCUT2D eigenvalue weighted by Crippen LogP contribution is 2.17. The van der Waals surface area contributed by atoms with Gasteiger partial charge in [-0.2, -0.15) is 0 Å². The molecule has 2 atom stereocenters. The van der Waals surface area contributed by atoms with Crippen molar-refractivity contribution in [1.82, 2.24) is 10.2 Å². The second kappa shape index (κ2) is 7.36. The lowest BCUT2D eigenvalue weighted by Crippen LogP contribution is -2.35. The van der Waals surface area contributed by atoms with Crippen LogP contribution in [0.3, 0.4) is 0 Å². The molecule has 1 fully saturated rings. The van der Waals surface area contributed by atoms with Crippen LogP contribution in [0.1, 0.15) is 39.5 Å². The minimum absolute atomic E-state index is 0.00436. The number of carbonyl (C=O) groups is 2. The van der Waals surface area contributed by atoms with Crippen LogP contribution in [0.4, 0.5) is 0 Å². The van der Waals surface area contributed by atoms with Crippen molar-refractivity contribution in [3.63, 3.8) is 0 Å². The van der Waals surface area contributed by atoms with Gasteiger partial charge in [0.15, 0.2) is 0 Å². The molecule has 2 amide bonds. The molecular weight excluding hydrogens is 232 g/mol. The van der Waals surface area contributed by atoms with Crippen LogP contribution in [-0.4, -0.2) is 47.6 Å². The van der Waals surface area contributed by atoms with Crippen LogP contribution in [0.2, 0.25) is 0 Å². The summed E-state index contributed by atoms with van der Waals surface area (Å²) in [6.07, 6.45) is 2.20. The number of aliphatic hydroxyl groups excluding tert-OH is 1. The van der Waals surface area contributed by atoms with E-state index in [4.69, 9.17) is 0 Å². The Morgan fingerprint density at radius 3 is 2.78 bits per heavy atom. The summed E-state index contributed by atoms with van der Waals surface area (Å²) in [6, 6.07) is 0. The van der Waals surface area contributed by atoms with Crippen molar-refractivity contribution in [1.29, 1.82) is 0 Å². The molecule has 0 aromatic rings. The Morgan fingerprint density at radius 1 is 1.44 bits per heavy atom. The predicted molar refractivity (Wildman–Crippen MR) is 68.9 cm³/mol. The topological polar surface area (TPSA) is 69.6 Å². The molecule has 1 aliphatic heterocycles. The fourth-order valence-electron chi connectivity index (χ4n) is 2.13. The number of carbonyl (C=O) groups excluding carboxylic acids is 2. The van der Waals surface area contributed by atoms with Gasteiger partial charge in [-0.05, 0) is 19.3 Å². The van der Waals surface area contributed by atoms with Crippen LogP contribution in [-0.2, 0) is 9.59 Å².